The van der Waals surface area contributed by atoms with Crippen molar-refractivity contribution in [2.24, 2.45) is 0 Å². The number of alkyl halides is 3. The van der Waals surface area contributed by atoms with Crippen molar-refractivity contribution in [3.63, 3.8) is 0 Å². The van der Waals surface area contributed by atoms with Crippen LogP contribution in [0.25, 0.3) is 0 Å². The van der Waals surface area contributed by atoms with Crippen LogP contribution in [0.2, 0.25) is 0 Å². The van der Waals surface area contributed by atoms with Crippen LogP contribution >= 0.6 is 0 Å². The molecule has 0 saturated carbocycles. The number of carbonyl (C=O) groups is 1. The molecule has 0 aliphatic heterocycles. The molecule has 3 aromatic rings. The minimum absolute atomic E-state index is 0.0651. The van der Waals surface area contributed by atoms with Crippen LogP contribution in [0.15, 0.2) is 71.5 Å². The fraction of sp³-hybridized carbons (Fsp3) is 0.292. The highest BCUT2D eigenvalue weighted by Gasteiger charge is 2.34. The third-order valence-electron chi connectivity index (χ3n) is 4.75. The summed E-state index contributed by atoms with van der Waals surface area (Å²) in [7, 11) is 2.00. The summed E-state index contributed by atoms with van der Waals surface area (Å²) in [5.74, 6) is -0.167. The number of hydrogen-bond acceptors (Lipinski definition) is 4. The maximum atomic E-state index is 13.1. The molecule has 3 rings (SSSR count). The van der Waals surface area contributed by atoms with Crippen LogP contribution < -0.4 is 10.1 Å². The van der Waals surface area contributed by atoms with E-state index in [2.05, 4.69) is 10.2 Å². The minimum atomic E-state index is -4.60. The molecule has 1 heterocycles. The van der Waals surface area contributed by atoms with E-state index < -0.39 is 29.3 Å². The molecule has 0 fully saturated rings. The predicted octanol–water partition coefficient (Wildman–Crippen LogP) is 5.13. The lowest BCUT2D eigenvalue weighted by atomic mass is 10.1. The molecular formula is C24H25F3N2O3. The third kappa shape index (κ3) is 6.62. The molecular weight excluding hydrogens is 421 g/mol. The lowest BCUT2D eigenvalue weighted by molar-refractivity contribution is -0.137. The number of ether oxygens (including phenoxy) is 1. The van der Waals surface area contributed by atoms with Crippen molar-refractivity contribution >= 4 is 5.91 Å². The molecule has 0 radical (unpaired) electrons. The molecule has 0 spiro atoms. The summed E-state index contributed by atoms with van der Waals surface area (Å²) in [4.78, 5) is 14.4. The second-order valence-electron chi connectivity index (χ2n) is 7.63. The number of benzene rings is 2. The summed E-state index contributed by atoms with van der Waals surface area (Å²) in [5.41, 5.74) is 0.758. The van der Waals surface area contributed by atoms with Gasteiger partial charge >= 0.3 is 6.18 Å². The predicted molar refractivity (Wildman–Crippen MR) is 114 cm³/mol. The quantitative estimate of drug-likeness (QED) is 0.495. The number of nitrogens with zero attached hydrogens (tertiary/aromatic N) is 1. The number of carbonyl (C=O) groups excluding carboxylic acids is 1. The highest BCUT2D eigenvalue weighted by molar-refractivity contribution is 5.95. The Morgan fingerprint density at radius 3 is 2.56 bits per heavy atom. The zero-order valence-corrected chi connectivity index (χ0v) is 17.9. The van der Waals surface area contributed by atoms with Gasteiger partial charge in [-0.05, 0) is 49.9 Å². The van der Waals surface area contributed by atoms with Gasteiger partial charge in [0.2, 0.25) is 0 Å². The summed E-state index contributed by atoms with van der Waals surface area (Å²) in [6.07, 6.45) is -1.68. The fourth-order valence-electron chi connectivity index (χ4n) is 3.31. The molecule has 0 aliphatic rings. The summed E-state index contributed by atoms with van der Waals surface area (Å²) >= 11 is 0. The lowest BCUT2D eigenvalue weighted by Crippen LogP contribution is -2.34. The molecule has 0 aliphatic carbocycles. The van der Waals surface area contributed by atoms with Crippen LogP contribution in [-0.4, -0.2) is 30.5 Å². The number of halogens is 3. The molecule has 0 saturated heterocycles. The van der Waals surface area contributed by atoms with Gasteiger partial charge in [-0.3, -0.25) is 9.69 Å². The normalized spacial score (nSPS) is 12.6. The Morgan fingerprint density at radius 1 is 1.09 bits per heavy atom. The summed E-state index contributed by atoms with van der Waals surface area (Å²) in [5, 5.41) is 2.52. The van der Waals surface area contributed by atoms with Gasteiger partial charge in [-0.25, -0.2) is 0 Å². The van der Waals surface area contributed by atoms with Gasteiger partial charge in [0.15, 0.2) is 0 Å². The summed E-state index contributed by atoms with van der Waals surface area (Å²) in [6.45, 7) is 3.24. The number of nitrogens with one attached hydrogen (secondary N) is 1. The molecule has 1 amide bonds. The number of rotatable bonds is 9. The van der Waals surface area contributed by atoms with Gasteiger partial charge in [0.25, 0.3) is 5.91 Å². The Balaban J connectivity index is 1.54. The molecule has 1 unspecified atom stereocenters. The molecule has 170 valence electrons. The first-order valence-electron chi connectivity index (χ1n) is 10.1. The van der Waals surface area contributed by atoms with Crippen molar-refractivity contribution in [3.05, 3.63) is 89.4 Å². The van der Waals surface area contributed by atoms with Gasteiger partial charge < -0.3 is 14.5 Å². The lowest BCUT2D eigenvalue weighted by Gasteiger charge is -2.19. The van der Waals surface area contributed by atoms with E-state index in [9.17, 15) is 18.0 Å². The number of furan rings is 1. The minimum Gasteiger partial charge on any atom is -0.489 e. The van der Waals surface area contributed by atoms with Crippen LogP contribution in [0.4, 0.5) is 13.2 Å². The van der Waals surface area contributed by atoms with Gasteiger partial charge in [-0.2, -0.15) is 13.2 Å². The van der Waals surface area contributed by atoms with Crippen LogP contribution in [0.5, 0.6) is 5.75 Å². The first-order chi connectivity index (χ1) is 15.2. The Hall–Kier alpha value is -3.26. The van der Waals surface area contributed by atoms with Crippen LogP contribution in [0.3, 0.4) is 0 Å². The Kier molecular flexibility index (Phi) is 7.58. The standard InChI is InChI=1S/C24H25F3N2O3/c1-17(13-28-23(30)21-8-3-4-9-22(21)24(25,26)27)32-20-7-5-6-18(12-20)14-29(2)15-19-10-11-31-16-19/h3-12,16-17H,13-15H2,1-2H3,(H,28,30). The van der Waals surface area contributed by atoms with E-state index >= 15 is 0 Å². The van der Waals surface area contributed by atoms with Crippen LogP contribution in [0.1, 0.15) is 34.0 Å². The second kappa shape index (κ2) is 10.4. The van der Waals surface area contributed by atoms with Gasteiger partial charge in [0.05, 0.1) is 30.2 Å². The topological polar surface area (TPSA) is 54.7 Å². The van der Waals surface area contributed by atoms with E-state index in [1.807, 2.05) is 31.3 Å². The molecule has 2 aromatic carbocycles. The van der Waals surface area contributed by atoms with Crippen molar-refractivity contribution in [1.29, 1.82) is 0 Å². The van der Waals surface area contributed by atoms with E-state index in [4.69, 9.17) is 9.15 Å². The molecule has 0 bridgehead atoms. The van der Waals surface area contributed by atoms with E-state index in [1.165, 1.54) is 12.1 Å². The average molecular weight is 446 g/mol. The molecule has 1 N–H and O–H groups in total. The van der Waals surface area contributed by atoms with Crippen molar-refractivity contribution in [2.45, 2.75) is 32.3 Å². The SMILES string of the molecule is CC(CNC(=O)c1ccccc1C(F)(F)F)Oc1cccc(CN(C)Cc2ccoc2)c1. The Bertz CT molecular complexity index is 1020. The maximum absolute atomic E-state index is 13.1. The van der Waals surface area contributed by atoms with Gasteiger partial charge in [0.1, 0.15) is 11.9 Å². The van der Waals surface area contributed by atoms with E-state index in [0.717, 1.165) is 29.8 Å². The fourth-order valence-corrected chi connectivity index (χ4v) is 3.31. The molecule has 32 heavy (non-hydrogen) atoms. The van der Waals surface area contributed by atoms with Crippen LogP contribution in [0, 0.1) is 0 Å². The maximum Gasteiger partial charge on any atom is 0.417 e. The van der Waals surface area contributed by atoms with Crippen molar-refractivity contribution in [1.82, 2.24) is 10.2 Å². The van der Waals surface area contributed by atoms with E-state index in [0.29, 0.717) is 12.3 Å². The summed E-state index contributed by atoms with van der Waals surface area (Å²) < 4.78 is 50.3. The zero-order chi connectivity index (χ0) is 23.1. The van der Waals surface area contributed by atoms with Crippen molar-refractivity contribution in [3.8, 4) is 5.75 Å². The van der Waals surface area contributed by atoms with Crippen molar-refractivity contribution < 1.29 is 27.1 Å². The van der Waals surface area contributed by atoms with Gasteiger partial charge in [0, 0.05) is 18.7 Å². The largest absolute Gasteiger partial charge is 0.489 e. The molecule has 1 atom stereocenters. The van der Waals surface area contributed by atoms with Crippen LogP contribution in [-0.2, 0) is 19.3 Å². The Labute approximate surface area is 184 Å². The van der Waals surface area contributed by atoms with E-state index in [-0.39, 0.29) is 6.54 Å². The first kappa shape index (κ1) is 23.4. The highest BCUT2D eigenvalue weighted by Crippen LogP contribution is 2.31. The average Bonchev–Trinajstić information content (AvgIpc) is 3.24. The highest BCUT2D eigenvalue weighted by atomic mass is 19.4. The Morgan fingerprint density at radius 2 is 1.84 bits per heavy atom. The number of hydrogen-bond donors (Lipinski definition) is 1. The molecule has 1 aromatic heterocycles. The van der Waals surface area contributed by atoms with Gasteiger partial charge in [-0.15, -0.1) is 0 Å². The second-order valence-corrected chi connectivity index (χ2v) is 7.63. The number of amides is 1. The van der Waals surface area contributed by atoms with Gasteiger partial charge in [-0.1, -0.05) is 24.3 Å². The molecule has 8 heteroatoms. The van der Waals surface area contributed by atoms with Crippen molar-refractivity contribution in [2.75, 3.05) is 13.6 Å². The molecule has 5 nitrogen and oxygen atoms in total. The zero-order valence-electron chi connectivity index (χ0n) is 17.9. The smallest absolute Gasteiger partial charge is 0.417 e. The summed E-state index contributed by atoms with van der Waals surface area (Å²) in [6, 6.07) is 14.2. The van der Waals surface area contributed by atoms with E-state index in [1.54, 1.807) is 25.5 Å². The monoisotopic (exact) mass is 446 g/mol. The third-order valence-corrected chi connectivity index (χ3v) is 4.75. The first-order valence-corrected chi connectivity index (χ1v) is 10.1.